The lowest BCUT2D eigenvalue weighted by molar-refractivity contribution is -0.151. The summed E-state index contributed by atoms with van der Waals surface area (Å²) in [7, 11) is 0. The third-order valence-electron chi connectivity index (χ3n) is 4.33. The average Bonchev–Trinajstić information content (AvgIpc) is 2.57. The molecule has 1 aliphatic rings. The van der Waals surface area contributed by atoms with Gasteiger partial charge < -0.3 is 9.47 Å². The molecule has 11 heteroatoms. The fourth-order valence-corrected chi connectivity index (χ4v) is 3.00. The van der Waals surface area contributed by atoms with Crippen molar-refractivity contribution in [2.24, 2.45) is 22.7 Å². The molecule has 0 N–H and O–H groups in total. The van der Waals surface area contributed by atoms with E-state index in [-0.39, 0.29) is 19.6 Å². The van der Waals surface area contributed by atoms with E-state index in [0.29, 0.717) is 0 Å². The molecule has 0 radical (unpaired) electrons. The summed E-state index contributed by atoms with van der Waals surface area (Å²) in [4.78, 5) is 27.3. The molecule has 0 spiro atoms. The molecule has 0 aromatic carbocycles. The van der Waals surface area contributed by atoms with Crippen LogP contribution in [-0.2, 0) is 19.1 Å². The molecule has 1 heterocycles. The lowest BCUT2D eigenvalue weighted by Crippen LogP contribution is -2.48. The van der Waals surface area contributed by atoms with E-state index in [2.05, 4.69) is 14.5 Å². The smallest absolute Gasteiger partial charge is 0.433 e. The number of carbonyl (C=O) groups excluding carboxylic acids is 2. The third-order valence-corrected chi connectivity index (χ3v) is 4.33. The molecule has 0 aromatic rings. The average molecular weight is 417 g/mol. The van der Waals surface area contributed by atoms with Crippen LogP contribution in [0.5, 0.6) is 0 Å². The van der Waals surface area contributed by atoms with E-state index in [4.69, 9.17) is 0 Å². The second kappa shape index (κ2) is 8.95. The molecule has 0 saturated heterocycles. The van der Waals surface area contributed by atoms with Crippen LogP contribution >= 0.6 is 0 Å². The van der Waals surface area contributed by atoms with E-state index >= 15 is 0 Å². The Hall–Kier alpha value is -2.07. The maximum Gasteiger partial charge on any atom is 0.433 e. The molecule has 0 amide bonds. The van der Waals surface area contributed by atoms with Crippen molar-refractivity contribution in [1.82, 2.24) is 0 Å². The van der Waals surface area contributed by atoms with Gasteiger partial charge in [-0.1, -0.05) is 20.3 Å². The Morgan fingerprint density at radius 1 is 1.00 bits per heavy atom. The number of carbonyl (C=O) groups is 2. The summed E-state index contributed by atoms with van der Waals surface area (Å²) in [5.41, 5.74) is -5.02. The number of nitrogens with zero attached hydrogens (tertiary/aromatic N) is 1. The monoisotopic (exact) mass is 417 g/mol. The van der Waals surface area contributed by atoms with E-state index in [1.165, 1.54) is 27.7 Å². The van der Waals surface area contributed by atoms with Gasteiger partial charge in [0, 0.05) is 5.92 Å². The van der Waals surface area contributed by atoms with Gasteiger partial charge in [0.2, 0.25) is 0 Å². The first-order chi connectivity index (χ1) is 12.8. The van der Waals surface area contributed by atoms with Crippen LogP contribution in [0.3, 0.4) is 0 Å². The van der Waals surface area contributed by atoms with Gasteiger partial charge in [0.1, 0.15) is 11.6 Å². The van der Waals surface area contributed by atoms with Crippen LogP contribution in [0.15, 0.2) is 16.3 Å². The Bertz CT molecular complexity index is 666. The maximum absolute atomic E-state index is 13.5. The number of hydrogen-bond donors (Lipinski definition) is 0. The Balaban J connectivity index is 3.90. The molecule has 0 bridgehead atoms. The zero-order valence-corrected chi connectivity index (χ0v) is 15.7. The van der Waals surface area contributed by atoms with Crippen LogP contribution in [0.1, 0.15) is 34.1 Å². The first kappa shape index (κ1) is 24.0. The minimum Gasteiger partial charge on any atom is -0.465 e. The highest BCUT2D eigenvalue weighted by atomic mass is 19.4. The molecule has 0 aromatic heterocycles. The fraction of sp³-hybridized carbons (Fsp3) is 0.706. The molecular formula is C17H21F6NO4. The van der Waals surface area contributed by atoms with Crippen molar-refractivity contribution in [3.05, 3.63) is 11.3 Å². The van der Waals surface area contributed by atoms with E-state index in [0.717, 1.165) is 0 Å². The summed E-state index contributed by atoms with van der Waals surface area (Å²) in [6, 6.07) is 0. The second-order valence-electron chi connectivity index (χ2n) is 6.12. The SMILES string of the molecule is CCOC(=O)C1=C(C(F)(F)F)N=C(C(F)(F)F)C(C(=O)OCC)C1C(C)CC. The number of ether oxygens (including phenoxy) is 2. The lowest BCUT2D eigenvalue weighted by atomic mass is 9.71. The zero-order valence-electron chi connectivity index (χ0n) is 15.7. The quantitative estimate of drug-likeness (QED) is 0.480. The summed E-state index contributed by atoms with van der Waals surface area (Å²) in [6.07, 6.45) is -10.6. The highest BCUT2D eigenvalue weighted by Gasteiger charge is 2.57. The van der Waals surface area contributed by atoms with Crippen LogP contribution < -0.4 is 0 Å². The van der Waals surface area contributed by atoms with Gasteiger partial charge in [-0.25, -0.2) is 9.79 Å². The number of halogens is 6. The van der Waals surface area contributed by atoms with Crippen LogP contribution in [0.25, 0.3) is 0 Å². The molecule has 160 valence electrons. The number of aliphatic imine (C=N–C) groups is 1. The van der Waals surface area contributed by atoms with Gasteiger partial charge >= 0.3 is 24.3 Å². The van der Waals surface area contributed by atoms with E-state index < -0.39 is 59.0 Å². The second-order valence-corrected chi connectivity index (χ2v) is 6.12. The number of allylic oxidation sites excluding steroid dienone is 1. The van der Waals surface area contributed by atoms with Crippen molar-refractivity contribution < 1.29 is 45.4 Å². The summed E-state index contributed by atoms with van der Waals surface area (Å²) in [6.45, 7) is 4.94. The van der Waals surface area contributed by atoms with Crippen molar-refractivity contribution in [1.29, 1.82) is 0 Å². The molecule has 5 nitrogen and oxygen atoms in total. The van der Waals surface area contributed by atoms with Gasteiger partial charge in [-0.2, -0.15) is 26.3 Å². The Morgan fingerprint density at radius 3 is 1.93 bits per heavy atom. The third kappa shape index (κ3) is 5.05. The molecule has 0 fully saturated rings. The van der Waals surface area contributed by atoms with Gasteiger partial charge in [0.25, 0.3) is 0 Å². The lowest BCUT2D eigenvalue weighted by Gasteiger charge is -2.36. The minimum absolute atomic E-state index is 0.0970. The maximum atomic E-state index is 13.5. The molecule has 1 rings (SSSR count). The van der Waals surface area contributed by atoms with Crippen LogP contribution in [0.2, 0.25) is 0 Å². The molecule has 3 atom stereocenters. The highest BCUT2D eigenvalue weighted by Crippen LogP contribution is 2.46. The van der Waals surface area contributed by atoms with Crippen molar-refractivity contribution in [3.63, 3.8) is 0 Å². The number of rotatable bonds is 6. The minimum atomic E-state index is -5.36. The molecule has 28 heavy (non-hydrogen) atoms. The van der Waals surface area contributed by atoms with Gasteiger partial charge in [-0.05, 0) is 19.8 Å². The van der Waals surface area contributed by atoms with Crippen LogP contribution in [0, 0.1) is 17.8 Å². The first-order valence-corrected chi connectivity index (χ1v) is 8.61. The summed E-state index contributed by atoms with van der Waals surface area (Å²) < 4.78 is 90.4. The van der Waals surface area contributed by atoms with Crippen LogP contribution in [0.4, 0.5) is 26.3 Å². The molecular weight excluding hydrogens is 396 g/mol. The summed E-state index contributed by atoms with van der Waals surface area (Å²) >= 11 is 0. The Morgan fingerprint density at radius 2 is 1.54 bits per heavy atom. The van der Waals surface area contributed by atoms with Crippen molar-refractivity contribution in [2.45, 2.75) is 46.5 Å². The van der Waals surface area contributed by atoms with Crippen molar-refractivity contribution in [3.8, 4) is 0 Å². The molecule has 0 aliphatic carbocycles. The summed E-state index contributed by atoms with van der Waals surface area (Å²) in [5, 5.41) is 0. The van der Waals surface area contributed by atoms with E-state index in [9.17, 15) is 35.9 Å². The molecule has 1 aliphatic heterocycles. The van der Waals surface area contributed by atoms with Gasteiger partial charge in [0.05, 0.1) is 18.8 Å². The molecule has 3 unspecified atom stereocenters. The van der Waals surface area contributed by atoms with E-state index in [1.54, 1.807) is 0 Å². The fourth-order valence-electron chi connectivity index (χ4n) is 3.00. The van der Waals surface area contributed by atoms with Gasteiger partial charge in [-0.15, -0.1) is 0 Å². The van der Waals surface area contributed by atoms with E-state index in [1.807, 2.05) is 0 Å². The molecule has 0 saturated carbocycles. The Kier molecular flexibility index (Phi) is 7.66. The van der Waals surface area contributed by atoms with Crippen molar-refractivity contribution >= 4 is 17.7 Å². The predicted octanol–water partition coefficient (Wildman–Crippen LogP) is 4.22. The first-order valence-electron chi connectivity index (χ1n) is 8.61. The standard InChI is InChI=1S/C17H21F6NO4/c1-5-8(4)9-10(14(25)27-6-2)12(16(18,19)20)24-13(17(21,22)23)11(9)15(26)28-7-3/h8-10H,5-7H2,1-4H3. The van der Waals surface area contributed by atoms with Crippen molar-refractivity contribution in [2.75, 3.05) is 13.2 Å². The van der Waals surface area contributed by atoms with Gasteiger partial charge in [0.15, 0.2) is 5.70 Å². The largest absolute Gasteiger partial charge is 0.465 e. The highest BCUT2D eigenvalue weighted by molar-refractivity contribution is 6.09. The number of alkyl halides is 6. The number of hydrogen-bond acceptors (Lipinski definition) is 5. The number of esters is 2. The predicted molar refractivity (Wildman–Crippen MR) is 86.3 cm³/mol. The normalized spacial score (nSPS) is 21.9. The van der Waals surface area contributed by atoms with Crippen LogP contribution in [-0.4, -0.2) is 43.2 Å². The van der Waals surface area contributed by atoms with Gasteiger partial charge in [-0.3, -0.25) is 4.79 Å². The topological polar surface area (TPSA) is 65.0 Å². The summed E-state index contributed by atoms with van der Waals surface area (Å²) in [5.74, 6) is -7.72. The Labute approximate surface area is 157 Å². The zero-order chi connectivity index (χ0) is 21.9.